The predicted molar refractivity (Wildman–Crippen MR) is 65.5 cm³/mol. The number of benzene rings is 1. The zero-order chi connectivity index (χ0) is 11.7. The maximum Gasteiger partial charge on any atom is 0.0830 e. The van der Waals surface area contributed by atoms with Crippen molar-refractivity contribution in [3.63, 3.8) is 0 Å². The molecule has 92 valence electrons. The number of ether oxygens (including phenoxy) is 1. The van der Waals surface area contributed by atoms with Gasteiger partial charge >= 0.3 is 0 Å². The van der Waals surface area contributed by atoms with Crippen LogP contribution in [0.25, 0.3) is 0 Å². The smallest absolute Gasteiger partial charge is 0.0830 e. The summed E-state index contributed by atoms with van der Waals surface area (Å²) in [7, 11) is 0. The Morgan fingerprint density at radius 3 is 3.00 bits per heavy atom. The van der Waals surface area contributed by atoms with E-state index in [1.54, 1.807) is 0 Å². The highest BCUT2D eigenvalue weighted by Crippen LogP contribution is 2.30. The van der Waals surface area contributed by atoms with Gasteiger partial charge in [0.25, 0.3) is 0 Å². The molecule has 2 unspecified atom stereocenters. The summed E-state index contributed by atoms with van der Waals surface area (Å²) in [5.41, 5.74) is 3.55. The first-order valence-corrected chi connectivity index (χ1v) is 6.43. The molecule has 3 rings (SSSR count). The zero-order valence-corrected chi connectivity index (χ0v) is 9.98. The summed E-state index contributed by atoms with van der Waals surface area (Å²) in [6.07, 6.45) is 1.94. The Morgan fingerprint density at radius 1 is 1.29 bits per heavy atom. The monoisotopic (exact) mass is 233 g/mol. The van der Waals surface area contributed by atoms with Gasteiger partial charge in [0, 0.05) is 12.5 Å². The van der Waals surface area contributed by atoms with Gasteiger partial charge in [-0.2, -0.15) is 0 Å². The molecule has 0 spiro atoms. The molecule has 3 nitrogen and oxygen atoms in total. The molecule has 1 aromatic carbocycles. The summed E-state index contributed by atoms with van der Waals surface area (Å²) >= 11 is 0. The van der Waals surface area contributed by atoms with Gasteiger partial charge in [0.15, 0.2) is 0 Å². The van der Waals surface area contributed by atoms with Crippen LogP contribution < -0.4 is 5.32 Å². The summed E-state index contributed by atoms with van der Waals surface area (Å²) in [6, 6.07) is 6.26. The van der Waals surface area contributed by atoms with Gasteiger partial charge in [0.2, 0.25) is 0 Å². The van der Waals surface area contributed by atoms with Crippen molar-refractivity contribution in [3.8, 4) is 0 Å². The highest BCUT2D eigenvalue weighted by Gasteiger charge is 2.24. The van der Waals surface area contributed by atoms with Crippen LogP contribution in [-0.2, 0) is 18.0 Å². The van der Waals surface area contributed by atoms with Crippen molar-refractivity contribution < 1.29 is 9.84 Å². The first-order chi connectivity index (χ1) is 8.34. The van der Waals surface area contributed by atoms with Gasteiger partial charge in [-0.1, -0.05) is 18.2 Å². The van der Waals surface area contributed by atoms with E-state index in [1.165, 1.54) is 11.1 Å². The Hall–Kier alpha value is -0.900. The quantitative estimate of drug-likeness (QED) is 0.817. The molecule has 0 aromatic heterocycles. The van der Waals surface area contributed by atoms with Crippen LogP contribution in [0.1, 0.15) is 35.6 Å². The Morgan fingerprint density at radius 2 is 2.18 bits per heavy atom. The normalized spacial score (nSPS) is 25.6. The van der Waals surface area contributed by atoms with Gasteiger partial charge in [-0.25, -0.2) is 0 Å². The van der Waals surface area contributed by atoms with E-state index in [0.29, 0.717) is 12.5 Å². The molecule has 1 saturated heterocycles. The van der Waals surface area contributed by atoms with Crippen molar-refractivity contribution in [2.45, 2.75) is 32.2 Å². The minimum atomic E-state index is -0.339. The maximum absolute atomic E-state index is 10.4. The fourth-order valence-electron chi connectivity index (χ4n) is 2.80. The van der Waals surface area contributed by atoms with E-state index in [2.05, 4.69) is 17.4 Å². The topological polar surface area (TPSA) is 41.5 Å². The second-order valence-electron chi connectivity index (χ2n) is 5.07. The molecular weight excluding hydrogens is 214 g/mol. The van der Waals surface area contributed by atoms with Gasteiger partial charge in [0.05, 0.1) is 19.3 Å². The number of rotatable bonds is 2. The van der Waals surface area contributed by atoms with E-state index in [1.807, 2.05) is 6.07 Å². The van der Waals surface area contributed by atoms with Crippen LogP contribution in [0, 0.1) is 5.92 Å². The van der Waals surface area contributed by atoms with Crippen LogP contribution in [0.4, 0.5) is 0 Å². The van der Waals surface area contributed by atoms with Crippen LogP contribution in [-0.4, -0.2) is 18.2 Å². The van der Waals surface area contributed by atoms with E-state index in [-0.39, 0.29) is 6.10 Å². The highest BCUT2D eigenvalue weighted by molar-refractivity contribution is 5.34. The lowest BCUT2D eigenvalue weighted by molar-refractivity contribution is 0.0920. The molecule has 17 heavy (non-hydrogen) atoms. The van der Waals surface area contributed by atoms with Crippen molar-refractivity contribution in [2.24, 2.45) is 5.92 Å². The minimum Gasteiger partial charge on any atom is -0.388 e. The summed E-state index contributed by atoms with van der Waals surface area (Å²) in [5, 5.41) is 13.7. The van der Waals surface area contributed by atoms with Gasteiger partial charge in [-0.15, -0.1) is 0 Å². The molecule has 0 amide bonds. The average molecular weight is 233 g/mol. The Bertz CT molecular complexity index is 399. The molecule has 0 saturated carbocycles. The number of nitrogens with one attached hydrogen (secondary N) is 1. The third-order valence-corrected chi connectivity index (χ3v) is 3.87. The number of hydrogen-bond donors (Lipinski definition) is 2. The largest absolute Gasteiger partial charge is 0.388 e. The molecule has 3 heteroatoms. The first-order valence-electron chi connectivity index (χ1n) is 6.43. The molecule has 1 fully saturated rings. The molecule has 2 heterocycles. The Labute approximate surface area is 102 Å². The molecule has 0 aliphatic carbocycles. The van der Waals surface area contributed by atoms with Crippen molar-refractivity contribution in [2.75, 3.05) is 13.1 Å². The minimum absolute atomic E-state index is 0.339. The summed E-state index contributed by atoms with van der Waals surface area (Å²) in [6.45, 7) is 3.42. The molecule has 2 N–H and O–H groups in total. The SMILES string of the molecule is OC(c1ccc2c(c1)COC2)C1CCCNC1. The maximum atomic E-state index is 10.4. The summed E-state index contributed by atoms with van der Waals surface area (Å²) < 4.78 is 5.40. The molecule has 0 bridgehead atoms. The van der Waals surface area contributed by atoms with Crippen molar-refractivity contribution in [1.82, 2.24) is 5.32 Å². The fourth-order valence-corrected chi connectivity index (χ4v) is 2.80. The zero-order valence-electron chi connectivity index (χ0n) is 9.98. The molecule has 2 aliphatic rings. The molecular formula is C14H19NO2. The van der Waals surface area contributed by atoms with Crippen molar-refractivity contribution in [1.29, 1.82) is 0 Å². The molecule has 2 atom stereocenters. The Balaban J connectivity index is 1.78. The van der Waals surface area contributed by atoms with Crippen LogP contribution in [0.5, 0.6) is 0 Å². The Kier molecular flexibility index (Phi) is 3.14. The van der Waals surface area contributed by atoms with Crippen LogP contribution in [0.3, 0.4) is 0 Å². The van der Waals surface area contributed by atoms with E-state index in [4.69, 9.17) is 4.74 Å². The lowest BCUT2D eigenvalue weighted by Crippen LogP contribution is -2.33. The van der Waals surface area contributed by atoms with Gasteiger partial charge in [-0.3, -0.25) is 0 Å². The lowest BCUT2D eigenvalue weighted by atomic mass is 9.88. The summed E-state index contributed by atoms with van der Waals surface area (Å²) in [4.78, 5) is 0. The lowest BCUT2D eigenvalue weighted by Gasteiger charge is -2.27. The highest BCUT2D eigenvalue weighted by atomic mass is 16.5. The predicted octanol–water partition coefficient (Wildman–Crippen LogP) is 1.75. The van der Waals surface area contributed by atoms with Crippen molar-refractivity contribution in [3.05, 3.63) is 34.9 Å². The van der Waals surface area contributed by atoms with Gasteiger partial charge < -0.3 is 15.2 Å². The number of aliphatic hydroxyl groups excluding tert-OH is 1. The van der Waals surface area contributed by atoms with Gasteiger partial charge in [0.1, 0.15) is 0 Å². The fraction of sp³-hybridized carbons (Fsp3) is 0.571. The van der Waals surface area contributed by atoms with Crippen LogP contribution in [0.2, 0.25) is 0 Å². The molecule has 1 aromatic rings. The molecule has 0 radical (unpaired) electrons. The third-order valence-electron chi connectivity index (χ3n) is 3.87. The molecule has 2 aliphatic heterocycles. The summed E-state index contributed by atoms with van der Waals surface area (Å²) in [5.74, 6) is 0.351. The van der Waals surface area contributed by atoms with Crippen LogP contribution >= 0.6 is 0 Å². The van der Waals surface area contributed by atoms with E-state index >= 15 is 0 Å². The number of fused-ring (bicyclic) bond motifs is 1. The second kappa shape index (κ2) is 4.77. The second-order valence-corrected chi connectivity index (χ2v) is 5.07. The third kappa shape index (κ3) is 2.23. The van der Waals surface area contributed by atoms with E-state index in [0.717, 1.165) is 38.1 Å². The number of aliphatic hydroxyl groups is 1. The average Bonchev–Trinajstić information content (AvgIpc) is 2.86. The van der Waals surface area contributed by atoms with Crippen molar-refractivity contribution >= 4 is 0 Å². The number of piperidine rings is 1. The van der Waals surface area contributed by atoms with Gasteiger partial charge in [-0.05, 0) is 36.1 Å². The number of hydrogen-bond acceptors (Lipinski definition) is 3. The first kappa shape index (κ1) is 11.2. The van der Waals surface area contributed by atoms with E-state index < -0.39 is 0 Å². The van der Waals surface area contributed by atoms with E-state index in [9.17, 15) is 5.11 Å². The van der Waals surface area contributed by atoms with Crippen LogP contribution in [0.15, 0.2) is 18.2 Å². The standard InChI is InChI=1S/C14H19NO2/c16-14(11-2-1-5-15-7-11)10-3-4-12-8-17-9-13(12)6-10/h3-4,6,11,14-16H,1-2,5,7-9H2.